The Morgan fingerprint density at radius 1 is 1.33 bits per heavy atom. The second kappa shape index (κ2) is 5.85. The third-order valence-electron chi connectivity index (χ3n) is 3.68. The van der Waals surface area contributed by atoms with Crippen LogP contribution in [0.3, 0.4) is 0 Å². The summed E-state index contributed by atoms with van der Waals surface area (Å²) in [4.78, 5) is 13.2. The van der Waals surface area contributed by atoms with E-state index in [2.05, 4.69) is 36.4 Å². The first-order chi connectivity index (χ1) is 8.70. The number of hydrogen-bond acceptors (Lipinski definition) is 1. The van der Waals surface area contributed by atoms with Crippen molar-refractivity contribution in [3.8, 4) is 0 Å². The third kappa shape index (κ3) is 3.00. The normalized spacial score (nSPS) is 17.3. The first kappa shape index (κ1) is 12.9. The van der Waals surface area contributed by atoms with Crippen molar-refractivity contribution in [3.63, 3.8) is 0 Å². The number of piperidine rings is 1. The summed E-state index contributed by atoms with van der Waals surface area (Å²) in [5.41, 5.74) is 2.68. The average Bonchev–Trinajstić information content (AvgIpc) is 2.39. The van der Waals surface area contributed by atoms with E-state index in [1.54, 1.807) is 6.92 Å². The van der Waals surface area contributed by atoms with E-state index in [0.717, 1.165) is 25.9 Å². The van der Waals surface area contributed by atoms with Crippen LogP contribution in [0.25, 0.3) is 6.08 Å². The van der Waals surface area contributed by atoms with Crippen LogP contribution in [0.1, 0.15) is 43.7 Å². The fraction of sp³-hybridized carbons (Fsp3) is 0.438. The number of nitrogens with zero attached hydrogens (tertiary/aromatic N) is 1. The number of amides is 1. The average molecular weight is 243 g/mol. The second-order valence-electron chi connectivity index (χ2n) is 4.95. The number of rotatable bonds is 2. The largest absolute Gasteiger partial charge is 0.343 e. The summed E-state index contributed by atoms with van der Waals surface area (Å²) in [5, 5.41) is 0. The molecule has 0 aromatic heterocycles. The molecule has 1 aromatic rings. The zero-order chi connectivity index (χ0) is 13.0. The minimum absolute atomic E-state index is 0.205. The predicted octanol–water partition coefficient (Wildman–Crippen LogP) is 3.45. The molecule has 0 aliphatic carbocycles. The van der Waals surface area contributed by atoms with Gasteiger partial charge in [0.15, 0.2) is 0 Å². The third-order valence-corrected chi connectivity index (χ3v) is 3.68. The SMILES string of the molecule is C/C=C/c1cccc(C2CCN(C(C)=O)CC2)c1. The lowest BCUT2D eigenvalue weighted by Gasteiger charge is -2.31. The maximum Gasteiger partial charge on any atom is 0.219 e. The zero-order valence-electron chi connectivity index (χ0n) is 11.2. The van der Waals surface area contributed by atoms with Crippen molar-refractivity contribution in [1.29, 1.82) is 0 Å². The highest BCUT2D eigenvalue weighted by atomic mass is 16.2. The van der Waals surface area contributed by atoms with Gasteiger partial charge in [0.05, 0.1) is 0 Å². The second-order valence-corrected chi connectivity index (χ2v) is 4.95. The quantitative estimate of drug-likeness (QED) is 0.779. The van der Waals surface area contributed by atoms with Crippen molar-refractivity contribution in [3.05, 3.63) is 41.5 Å². The molecule has 0 bridgehead atoms. The molecule has 2 nitrogen and oxygen atoms in total. The number of benzene rings is 1. The topological polar surface area (TPSA) is 20.3 Å². The van der Waals surface area contributed by atoms with Crippen molar-refractivity contribution in [2.24, 2.45) is 0 Å². The maximum absolute atomic E-state index is 11.3. The summed E-state index contributed by atoms with van der Waals surface area (Å²) < 4.78 is 0. The Morgan fingerprint density at radius 2 is 2.06 bits per heavy atom. The molecule has 0 saturated carbocycles. The molecule has 2 rings (SSSR count). The molecule has 1 aliphatic rings. The minimum Gasteiger partial charge on any atom is -0.343 e. The Balaban J connectivity index is 2.05. The van der Waals surface area contributed by atoms with Crippen LogP contribution in [0.15, 0.2) is 30.3 Å². The molecule has 1 fully saturated rings. The Labute approximate surface area is 109 Å². The van der Waals surface area contributed by atoms with E-state index in [0.29, 0.717) is 5.92 Å². The Bertz CT molecular complexity index is 442. The van der Waals surface area contributed by atoms with Gasteiger partial charge >= 0.3 is 0 Å². The number of likely N-dealkylation sites (tertiary alicyclic amines) is 1. The molecular weight excluding hydrogens is 222 g/mol. The number of carbonyl (C=O) groups excluding carboxylic acids is 1. The zero-order valence-corrected chi connectivity index (χ0v) is 11.2. The number of hydrogen-bond donors (Lipinski definition) is 0. The minimum atomic E-state index is 0.205. The summed E-state index contributed by atoms with van der Waals surface area (Å²) in [6.07, 6.45) is 6.36. The molecule has 0 spiro atoms. The van der Waals surface area contributed by atoms with E-state index in [1.807, 2.05) is 11.8 Å². The van der Waals surface area contributed by atoms with Gasteiger partial charge in [-0.05, 0) is 36.8 Å². The molecule has 0 atom stereocenters. The van der Waals surface area contributed by atoms with Crippen LogP contribution < -0.4 is 0 Å². The van der Waals surface area contributed by atoms with E-state index in [9.17, 15) is 4.79 Å². The molecule has 1 saturated heterocycles. The molecule has 18 heavy (non-hydrogen) atoms. The van der Waals surface area contributed by atoms with Crippen LogP contribution in [0.5, 0.6) is 0 Å². The summed E-state index contributed by atoms with van der Waals surface area (Å²) in [6, 6.07) is 8.74. The van der Waals surface area contributed by atoms with Crippen LogP contribution in [0, 0.1) is 0 Å². The molecule has 2 heteroatoms. The Morgan fingerprint density at radius 3 is 2.67 bits per heavy atom. The predicted molar refractivity (Wildman–Crippen MR) is 75.4 cm³/mol. The first-order valence-corrected chi connectivity index (χ1v) is 6.69. The number of carbonyl (C=O) groups is 1. The van der Waals surface area contributed by atoms with E-state index in [-0.39, 0.29) is 5.91 Å². The van der Waals surface area contributed by atoms with Crippen molar-refractivity contribution >= 4 is 12.0 Å². The van der Waals surface area contributed by atoms with Gasteiger partial charge in [0.1, 0.15) is 0 Å². The van der Waals surface area contributed by atoms with Crippen LogP contribution in [0.2, 0.25) is 0 Å². The van der Waals surface area contributed by atoms with E-state index in [1.165, 1.54) is 11.1 Å². The van der Waals surface area contributed by atoms with Crippen LogP contribution in [-0.2, 0) is 4.79 Å². The van der Waals surface area contributed by atoms with Crippen molar-refractivity contribution in [1.82, 2.24) is 4.90 Å². The molecular formula is C16H21NO. The van der Waals surface area contributed by atoms with E-state index >= 15 is 0 Å². The summed E-state index contributed by atoms with van der Waals surface area (Å²) in [7, 11) is 0. The Kier molecular flexibility index (Phi) is 4.19. The molecule has 0 unspecified atom stereocenters. The summed E-state index contributed by atoms with van der Waals surface area (Å²) in [5.74, 6) is 0.807. The van der Waals surface area contributed by atoms with Gasteiger partial charge in [-0.2, -0.15) is 0 Å². The van der Waals surface area contributed by atoms with Gasteiger partial charge in [-0.25, -0.2) is 0 Å². The molecule has 0 N–H and O–H groups in total. The monoisotopic (exact) mass is 243 g/mol. The van der Waals surface area contributed by atoms with Gasteiger partial charge in [-0.1, -0.05) is 36.4 Å². The molecule has 0 radical (unpaired) electrons. The lowest BCUT2D eigenvalue weighted by molar-refractivity contribution is -0.129. The van der Waals surface area contributed by atoms with Crippen LogP contribution in [-0.4, -0.2) is 23.9 Å². The van der Waals surface area contributed by atoms with E-state index in [4.69, 9.17) is 0 Å². The molecule has 1 amide bonds. The lowest BCUT2D eigenvalue weighted by Crippen LogP contribution is -2.36. The summed E-state index contributed by atoms with van der Waals surface area (Å²) >= 11 is 0. The van der Waals surface area contributed by atoms with E-state index < -0.39 is 0 Å². The van der Waals surface area contributed by atoms with Crippen molar-refractivity contribution in [2.75, 3.05) is 13.1 Å². The highest BCUT2D eigenvalue weighted by molar-refractivity contribution is 5.73. The molecule has 1 aliphatic heterocycles. The highest BCUT2D eigenvalue weighted by Gasteiger charge is 2.21. The number of allylic oxidation sites excluding steroid dienone is 1. The van der Waals surface area contributed by atoms with Gasteiger partial charge in [-0.3, -0.25) is 4.79 Å². The maximum atomic E-state index is 11.3. The highest BCUT2D eigenvalue weighted by Crippen LogP contribution is 2.28. The van der Waals surface area contributed by atoms with Gasteiger partial charge in [0.2, 0.25) is 5.91 Å². The van der Waals surface area contributed by atoms with Crippen molar-refractivity contribution in [2.45, 2.75) is 32.6 Å². The van der Waals surface area contributed by atoms with Crippen molar-refractivity contribution < 1.29 is 4.79 Å². The van der Waals surface area contributed by atoms with Gasteiger partial charge in [-0.15, -0.1) is 0 Å². The molecule has 1 heterocycles. The first-order valence-electron chi connectivity index (χ1n) is 6.69. The molecule has 96 valence electrons. The smallest absolute Gasteiger partial charge is 0.219 e. The Hall–Kier alpha value is -1.57. The van der Waals surface area contributed by atoms with Crippen LogP contribution >= 0.6 is 0 Å². The van der Waals surface area contributed by atoms with Gasteiger partial charge in [0.25, 0.3) is 0 Å². The van der Waals surface area contributed by atoms with Gasteiger partial charge in [0, 0.05) is 20.0 Å². The standard InChI is InChI=1S/C16H21NO/c1-3-5-14-6-4-7-16(12-14)15-8-10-17(11-9-15)13(2)18/h3-7,12,15H,8-11H2,1-2H3/b5-3+. The summed E-state index contributed by atoms with van der Waals surface area (Å²) in [6.45, 7) is 5.49. The fourth-order valence-corrected chi connectivity index (χ4v) is 2.64. The van der Waals surface area contributed by atoms with Gasteiger partial charge < -0.3 is 4.90 Å². The lowest BCUT2D eigenvalue weighted by atomic mass is 9.88. The molecule has 1 aromatic carbocycles. The fourth-order valence-electron chi connectivity index (χ4n) is 2.64. The van der Waals surface area contributed by atoms with Crippen LogP contribution in [0.4, 0.5) is 0 Å².